The Kier molecular flexibility index (Phi) is 5.94. The molecule has 26 heavy (non-hydrogen) atoms. The van der Waals surface area contributed by atoms with Crippen molar-refractivity contribution in [2.24, 2.45) is 0 Å². The van der Waals surface area contributed by atoms with Crippen molar-refractivity contribution >= 4 is 64.1 Å². The van der Waals surface area contributed by atoms with E-state index in [0.717, 1.165) is 5.56 Å². The molecule has 3 nitrogen and oxygen atoms in total. The molecule has 1 amide bonds. The normalized spacial score (nSPS) is 11.1. The number of hydrogen-bond acceptors (Lipinski definition) is 2. The SMILES string of the molecule is O=C(/C=C/c1ccc(-c2cc(Cl)cc(Cl)c2)o1)Nc1cccc(Cl)c1Cl. The fourth-order valence-corrected chi connectivity index (χ4v) is 3.10. The third-order valence-corrected chi connectivity index (χ3v) is 4.64. The molecule has 0 atom stereocenters. The second-order valence-corrected chi connectivity index (χ2v) is 6.94. The third-order valence-electron chi connectivity index (χ3n) is 3.38. The van der Waals surface area contributed by atoms with Gasteiger partial charge in [-0.2, -0.15) is 0 Å². The van der Waals surface area contributed by atoms with Crippen molar-refractivity contribution in [2.45, 2.75) is 0 Å². The number of furan rings is 1. The summed E-state index contributed by atoms with van der Waals surface area (Å²) in [6, 6.07) is 13.6. The molecule has 0 saturated heterocycles. The van der Waals surface area contributed by atoms with Crippen LogP contribution in [0.3, 0.4) is 0 Å². The predicted molar refractivity (Wildman–Crippen MR) is 108 cm³/mol. The molecule has 0 aliphatic rings. The summed E-state index contributed by atoms with van der Waals surface area (Å²) in [4.78, 5) is 12.0. The first-order valence-corrected chi connectivity index (χ1v) is 8.93. The van der Waals surface area contributed by atoms with E-state index in [2.05, 4.69) is 5.32 Å². The van der Waals surface area contributed by atoms with E-state index >= 15 is 0 Å². The molecule has 1 N–H and O–H groups in total. The van der Waals surface area contributed by atoms with Crippen LogP contribution < -0.4 is 5.32 Å². The van der Waals surface area contributed by atoms with Crippen molar-refractivity contribution in [3.05, 3.63) is 80.5 Å². The number of halogens is 4. The molecular formula is C19H11Cl4NO2. The molecule has 3 rings (SSSR count). The zero-order chi connectivity index (χ0) is 18.7. The molecule has 2 aromatic carbocycles. The Balaban J connectivity index is 1.72. The zero-order valence-corrected chi connectivity index (χ0v) is 16.1. The van der Waals surface area contributed by atoms with Gasteiger partial charge in [0.25, 0.3) is 0 Å². The minimum absolute atomic E-state index is 0.286. The molecule has 7 heteroatoms. The van der Waals surface area contributed by atoms with Crippen LogP contribution in [0.25, 0.3) is 17.4 Å². The number of benzene rings is 2. The van der Waals surface area contributed by atoms with E-state index < -0.39 is 0 Å². The number of amides is 1. The summed E-state index contributed by atoms with van der Waals surface area (Å²) in [5.74, 6) is 0.730. The van der Waals surface area contributed by atoms with Crippen LogP contribution in [-0.4, -0.2) is 5.91 Å². The van der Waals surface area contributed by atoms with Crippen molar-refractivity contribution in [1.82, 2.24) is 0 Å². The van der Waals surface area contributed by atoms with E-state index in [1.54, 1.807) is 54.6 Å². The van der Waals surface area contributed by atoms with E-state index in [0.29, 0.717) is 32.3 Å². The highest BCUT2D eigenvalue weighted by molar-refractivity contribution is 6.44. The van der Waals surface area contributed by atoms with Gasteiger partial charge < -0.3 is 9.73 Å². The van der Waals surface area contributed by atoms with Gasteiger partial charge in [0, 0.05) is 21.7 Å². The van der Waals surface area contributed by atoms with Gasteiger partial charge in [-0.05, 0) is 48.5 Å². The van der Waals surface area contributed by atoms with Gasteiger partial charge in [-0.25, -0.2) is 0 Å². The maximum Gasteiger partial charge on any atom is 0.248 e. The summed E-state index contributed by atoms with van der Waals surface area (Å²) in [5, 5.41) is 4.33. The van der Waals surface area contributed by atoms with Gasteiger partial charge in [0.1, 0.15) is 11.5 Å². The monoisotopic (exact) mass is 425 g/mol. The van der Waals surface area contributed by atoms with Gasteiger partial charge >= 0.3 is 0 Å². The molecule has 3 aromatic rings. The van der Waals surface area contributed by atoms with Crippen LogP contribution in [0.4, 0.5) is 5.69 Å². The molecule has 0 aliphatic carbocycles. The molecule has 0 bridgehead atoms. The minimum Gasteiger partial charge on any atom is -0.457 e. The van der Waals surface area contributed by atoms with E-state index in [4.69, 9.17) is 50.8 Å². The van der Waals surface area contributed by atoms with Crippen LogP contribution in [0.15, 0.2) is 59.0 Å². The maximum atomic E-state index is 12.0. The first kappa shape index (κ1) is 18.9. The van der Waals surface area contributed by atoms with Gasteiger partial charge in [0.2, 0.25) is 5.91 Å². The van der Waals surface area contributed by atoms with Crippen LogP contribution in [0, 0.1) is 0 Å². The Labute approximate surface area is 170 Å². The number of hydrogen-bond donors (Lipinski definition) is 1. The van der Waals surface area contributed by atoms with Crippen LogP contribution in [0.2, 0.25) is 20.1 Å². The lowest BCUT2D eigenvalue weighted by atomic mass is 10.2. The first-order chi connectivity index (χ1) is 12.4. The molecule has 1 heterocycles. The summed E-state index contributed by atoms with van der Waals surface area (Å²) in [7, 11) is 0. The number of carbonyl (C=O) groups is 1. The minimum atomic E-state index is -0.363. The maximum absolute atomic E-state index is 12.0. The fraction of sp³-hybridized carbons (Fsp3) is 0. The topological polar surface area (TPSA) is 42.2 Å². The smallest absolute Gasteiger partial charge is 0.248 e. The van der Waals surface area contributed by atoms with Gasteiger partial charge in [-0.3, -0.25) is 4.79 Å². The lowest BCUT2D eigenvalue weighted by Crippen LogP contribution is -2.08. The summed E-state index contributed by atoms with van der Waals surface area (Å²) in [6.45, 7) is 0. The number of rotatable bonds is 4. The molecular weight excluding hydrogens is 416 g/mol. The molecule has 0 fully saturated rings. The molecule has 132 valence electrons. The average molecular weight is 427 g/mol. The van der Waals surface area contributed by atoms with Gasteiger partial charge in [-0.15, -0.1) is 0 Å². The number of anilines is 1. The number of nitrogens with one attached hydrogen (secondary N) is 1. The molecule has 0 saturated carbocycles. The third kappa shape index (κ3) is 4.63. The van der Waals surface area contributed by atoms with Gasteiger partial charge in [0.15, 0.2) is 0 Å². The first-order valence-electron chi connectivity index (χ1n) is 7.42. The Bertz CT molecular complexity index is 975. The van der Waals surface area contributed by atoms with Gasteiger partial charge in [0.05, 0.1) is 15.7 Å². The lowest BCUT2D eigenvalue weighted by molar-refractivity contribution is -0.111. The molecule has 1 aromatic heterocycles. The lowest BCUT2D eigenvalue weighted by Gasteiger charge is -2.05. The highest BCUT2D eigenvalue weighted by Crippen LogP contribution is 2.30. The van der Waals surface area contributed by atoms with Crippen LogP contribution in [0.1, 0.15) is 5.76 Å². The Hall–Kier alpha value is -1.91. The van der Waals surface area contributed by atoms with Crippen molar-refractivity contribution in [3.8, 4) is 11.3 Å². The van der Waals surface area contributed by atoms with Crippen LogP contribution >= 0.6 is 46.4 Å². The van der Waals surface area contributed by atoms with E-state index in [1.807, 2.05) is 0 Å². The largest absolute Gasteiger partial charge is 0.457 e. The average Bonchev–Trinajstić information content (AvgIpc) is 3.05. The summed E-state index contributed by atoms with van der Waals surface area (Å²) >= 11 is 24.0. The molecule has 0 radical (unpaired) electrons. The predicted octanol–water partition coefficient (Wildman–Crippen LogP) is 7.21. The molecule has 0 unspecified atom stereocenters. The summed E-state index contributed by atoms with van der Waals surface area (Å²) in [5.41, 5.74) is 1.18. The number of carbonyl (C=O) groups excluding carboxylic acids is 1. The Morgan fingerprint density at radius 2 is 1.69 bits per heavy atom. The summed E-state index contributed by atoms with van der Waals surface area (Å²) < 4.78 is 5.69. The zero-order valence-electron chi connectivity index (χ0n) is 13.1. The highest BCUT2D eigenvalue weighted by Gasteiger charge is 2.08. The van der Waals surface area contributed by atoms with E-state index in [9.17, 15) is 4.79 Å². The van der Waals surface area contributed by atoms with Crippen molar-refractivity contribution < 1.29 is 9.21 Å². The second kappa shape index (κ2) is 8.19. The van der Waals surface area contributed by atoms with Crippen molar-refractivity contribution in [1.29, 1.82) is 0 Å². The molecule has 0 spiro atoms. The summed E-state index contributed by atoms with van der Waals surface area (Å²) in [6.07, 6.45) is 2.88. The standard InChI is InChI=1S/C19H11Cl4NO2/c20-12-8-11(9-13(21)10-12)17-6-4-14(26-17)5-7-18(25)24-16-3-1-2-15(22)19(16)23/h1-10H,(H,24,25)/b7-5+. The Morgan fingerprint density at radius 3 is 2.42 bits per heavy atom. The van der Waals surface area contributed by atoms with E-state index in [1.165, 1.54) is 6.08 Å². The van der Waals surface area contributed by atoms with E-state index in [-0.39, 0.29) is 10.9 Å². The van der Waals surface area contributed by atoms with Crippen LogP contribution in [0.5, 0.6) is 0 Å². The fourth-order valence-electron chi connectivity index (χ4n) is 2.23. The highest BCUT2D eigenvalue weighted by atomic mass is 35.5. The quantitative estimate of drug-likeness (QED) is 0.447. The van der Waals surface area contributed by atoms with Gasteiger partial charge in [-0.1, -0.05) is 52.5 Å². The molecule has 0 aliphatic heterocycles. The van der Waals surface area contributed by atoms with Crippen molar-refractivity contribution in [2.75, 3.05) is 5.32 Å². The Morgan fingerprint density at radius 1 is 0.962 bits per heavy atom. The van der Waals surface area contributed by atoms with Crippen LogP contribution in [-0.2, 0) is 4.79 Å². The second-order valence-electron chi connectivity index (χ2n) is 5.28. The van der Waals surface area contributed by atoms with Crippen molar-refractivity contribution in [3.63, 3.8) is 0 Å².